The molecule has 2 aromatic rings. The van der Waals surface area contributed by atoms with Gasteiger partial charge in [0.15, 0.2) is 0 Å². The fourth-order valence-corrected chi connectivity index (χ4v) is 3.37. The van der Waals surface area contributed by atoms with E-state index in [9.17, 15) is 15.0 Å². The average molecular weight is 370 g/mol. The van der Waals surface area contributed by atoms with Crippen molar-refractivity contribution in [3.8, 4) is 11.5 Å². The van der Waals surface area contributed by atoms with Gasteiger partial charge in [0.05, 0.1) is 5.56 Å². The second-order valence-electron chi connectivity index (χ2n) is 6.81. The van der Waals surface area contributed by atoms with E-state index in [0.29, 0.717) is 17.0 Å². The molecule has 0 saturated heterocycles. The Morgan fingerprint density at radius 3 is 2.65 bits per heavy atom. The maximum Gasteiger partial charge on any atom is 0.224 e. The first-order valence-electron chi connectivity index (χ1n) is 8.65. The van der Waals surface area contributed by atoms with Crippen molar-refractivity contribution in [1.82, 2.24) is 0 Å². The lowest BCUT2D eigenvalue weighted by Crippen LogP contribution is -2.12. The lowest BCUT2D eigenvalue weighted by molar-refractivity contribution is -0.116. The Morgan fingerprint density at radius 1 is 1.15 bits per heavy atom. The molecular formula is C20H22N2O3S. The smallest absolute Gasteiger partial charge is 0.224 e. The van der Waals surface area contributed by atoms with E-state index in [2.05, 4.69) is 10.6 Å². The highest BCUT2D eigenvalue weighted by atomic mass is 32.1. The number of carbonyl (C=O) groups is 1. The van der Waals surface area contributed by atoms with E-state index in [0.717, 1.165) is 35.3 Å². The van der Waals surface area contributed by atoms with Crippen LogP contribution in [0.3, 0.4) is 0 Å². The van der Waals surface area contributed by atoms with Crippen LogP contribution in [0.1, 0.15) is 49.3 Å². The number of carbonyl (C=O) groups excluding carboxylic acids is 1. The van der Waals surface area contributed by atoms with Crippen LogP contribution in [-0.2, 0) is 11.2 Å². The molecule has 0 radical (unpaired) electrons. The molecule has 1 amide bonds. The summed E-state index contributed by atoms with van der Waals surface area (Å²) >= 11 is 5.46. The predicted octanol–water partition coefficient (Wildman–Crippen LogP) is 4.28. The summed E-state index contributed by atoms with van der Waals surface area (Å²) in [6.07, 6.45) is 2.15. The highest BCUT2D eigenvalue weighted by Gasteiger charge is 2.16. The number of phenols is 2. The Kier molecular flexibility index (Phi) is 5.13. The van der Waals surface area contributed by atoms with Crippen molar-refractivity contribution in [2.75, 3.05) is 10.6 Å². The zero-order valence-corrected chi connectivity index (χ0v) is 15.6. The van der Waals surface area contributed by atoms with E-state index >= 15 is 0 Å². The van der Waals surface area contributed by atoms with Crippen molar-refractivity contribution in [3.63, 3.8) is 0 Å². The molecule has 6 heteroatoms. The van der Waals surface area contributed by atoms with E-state index in [1.807, 2.05) is 32.0 Å². The molecule has 26 heavy (non-hydrogen) atoms. The molecule has 0 atom stereocenters. The minimum absolute atomic E-state index is 0.0372. The number of aromatic hydroxyl groups is 2. The fourth-order valence-electron chi connectivity index (χ4n) is 3.09. The van der Waals surface area contributed by atoms with Crippen LogP contribution >= 0.6 is 12.2 Å². The molecule has 0 saturated carbocycles. The third-order valence-corrected chi connectivity index (χ3v) is 4.82. The van der Waals surface area contributed by atoms with Crippen LogP contribution in [0.4, 0.5) is 11.4 Å². The summed E-state index contributed by atoms with van der Waals surface area (Å²) in [4.78, 5) is 12.0. The molecule has 0 fully saturated rings. The first-order chi connectivity index (χ1) is 12.3. The number of thiocarbonyl (C=S) groups is 1. The quantitative estimate of drug-likeness (QED) is 0.606. The SMILES string of the molecule is CC(C)c1cc(C(=S)Nc2ccc3c(c2)CCCC(=O)N3)c(O)cc1O. The highest BCUT2D eigenvalue weighted by molar-refractivity contribution is 7.81. The molecule has 4 N–H and O–H groups in total. The summed E-state index contributed by atoms with van der Waals surface area (Å²) in [5, 5.41) is 26.2. The van der Waals surface area contributed by atoms with Crippen molar-refractivity contribution < 1.29 is 15.0 Å². The van der Waals surface area contributed by atoms with Gasteiger partial charge in [-0.05, 0) is 54.2 Å². The predicted molar refractivity (Wildman–Crippen MR) is 107 cm³/mol. The summed E-state index contributed by atoms with van der Waals surface area (Å²) in [6.45, 7) is 3.93. The number of hydrogen-bond donors (Lipinski definition) is 4. The Morgan fingerprint density at radius 2 is 1.92 bits per heavy atom. The molecule has 0 aliphatic carbocycles. The van der Waals surface area contributed by atoms with Crippen LogP contribution in [0.25, 0.3) is 0 Å². The molecule has 1 heterocycles. The van der Waals surface area contributed by atoms with E-state index in [1.165, 1.54) is 6.07 Å². The Bertz CT molecular complexity index is 878. The summed E-state index contributed by atoms with van der Waals surface area (Å²) in [6, 6.07) is 8.71. The second kappa shape index (κ2) is 7.33. The normalized spacial score (nSPS) is 13.7. The highest BCUT2D eigenvalue weighted by Crippen LogP contribution is 2.33. The molecule has 3 rings (SSSR count). The number of fused-ring (bicyclic) bond motifs is 1. The summed E-state index contributed by atoms with van der Waals surface area (Å²) in [5.41, 5.74) is 3.89. The van der Waals surface area contributed by atoms with Gasteiger partial charge in [0.25, 0.3) is 0 Å². The Balaban J connectivity index is 1.86. The van der Waals surface area contributed by atoms with Gasteiger partial charge in [-0.2, -0.15) is 0 Å². The van der Waals surface area contributed by atoms with Crippen LogP contribution in [0.2, 0.25) is 0 Å². The van der Waals surface area contributed by atoms with Crippen molar-refractivity contribution in [2.45, 2.75) is 39.0 Å². The van der Waals surface area contributed by atoms with E-state index in [4.69, 9.17) is 12.2 Å². The van der Waals surface area contributed by atoms with Crippen LogP contribution in [0, 0.1) is 0 Å². The average Bonchev–Trinajstić information content (AvgIpc) is 2.74. The van der Waals surface area contributed by atoms with Crippen molar-refractivity contribution in [2.24, 2.45) is 0 Å². The fraction of sp³-hybridized carbons (Fsp3) is 0.300. The van der Waals surface area contributed by atoms with Gasteiger partial charge >= 0.3 is 0 Å². The summed E-state index contributed by atoms with van der Waals surface area (Å²) in [5.74, 6) is 0.139. The number of benzene rings is 2. The third-order valence-electron chi connectivity index (χ3n) is 4.50. The molecule has 5 nitrogen and oxygen atoms in total. The van der Waals surface area contributed by atoms with Gasteiger partial charge in [-0.15, -0.1) is 0 Å². The first kappa shape index (κ1) is 18.2. The van der Waals surface area contributed by atoms with Gasteiger partial charge < -0.3 is 20.8 Å². The van der Waals surface area contributed by atoms with Crippen molar-refractivity contribution >= 4 is 34.5 Å². The maximum absolute atomic E-state index is 11.6. The minimum atomic E-state index is -0.0635. The number of rotatable bonds is 3. The molecular weight excluding hydrogens is 348 g/mol. The van der Waals surface area contributed by atoms with Gasteiger partial charge in [-0.1, -0.05) is 26.1 Å². The zero-order valence-electron chi connectivity index (χ0n) is 14.8. The van der Waals surface area contributed by atoms with Gasteiger partial charge in [0.1, 0.15) is 16.5 Å². The van der Waals surface area contributed by atoms with E-state index in [1.54, 1.807) is 6.07 Å². The number of anilines is 2. The maximum atomic E-state index is 11.6. The standard InChI is InChI=1S/C20H22N2O3S/c1-11(2)14-9-15(18(24)10-17(14)23)20(26)21-13-6-7-16-12(8-13)4-3-5-19(25)22-16/h6-11,23-24H,3-5H2,1-2H3,(H,21,26)(H,22,25). The summed E-state index contributed by atoms with van der Waals surface area (Å²) in [7, 11) is 0. The number of phenolic OH excluding ortho intramolecular Hbond substituents is 2. The first-order valence-corrected chi connectivity index (χ1v) is 9.06. The zero-order chi connectivity index (χ0) is 18.8. The number of aryl methyl sites for hydroxylation is 1. The monoisotopic (exact) mass is 370 g/mol. The molecule has 1 aliphatic rings. The number of nitrogens with one attached hydrogen (secondary N) is 2. The summed E-state index contributed by atoms with van der Waals surface area (Å²) < 4.78 is 0. The molecule has 136 valence electrons. The lowest BCUT2D eigenvalue weighted by Gasteiger charge is -2.15. The number of hydrogen-bond acceptors (Lipinski definition) is 4. The molecule has 0 aromatic heterocycles. The molecule has 2 aromatic carbocycles. The molecule has 0 unspecified atom stereocenters. The van der Waals surface area contributed by atoms with Crippen molar-refractivity contribution in [1.29, 1.82) is 0 Å². The van der Waals surface area contributed by atoms with Gasteiger partial charge in [-0.3, -0.25) is 4.79 Å². The van der Waals surface area contributed by atoms with Crippen LogP contribution in [0.15, 0.2) is 30.3 Å². The van der Waals surface area contributed by atoms with E-state index < -0.39 is 0 Å². The van der Waals surface area contributed by atoms with Crippen molar-refractivity contribution in [3.05, 3.63) is 47.0 Å². The second-order valence-corrected chi connectivity index (χ2v) is 7.22. The minimum Gasteiger partial charge on any atom is -0.508 e. The van der Waals surface area contributed by atoms with E-state index in [-0.39, 0.29) is 23.3 Å². The largest absolute Gasteiger partial charge is 0.508 e. The Labute approximate surface area is 158 Å². The topological polar surface area (TPSA) is 81.6 Å². The van der Waals surface area contributed by atoms with Crippen LogP contribution in [0.5, 0.6) is 11.5 Å². The van der Waals surface area contributed by atoms with Crippen LogP contribution < -0.4 is 10.6 Å². The number of amides is 1. The molecule has 0 bridgehead atoms. The molecule has 1 aliphatic heterocycles. The van der Waals surface area contributed by atoms with Gasteiger partial charge in [0.2, 0.25) is 5.91 Å². The lowest BCUT2D eigenvalue weighted by atomic mass is 9.98. The Hall–Kier alpha value is -2.60. The van der Waals surface area contributed by atoms with Crippen LogP contribution in [-0.4, -0.2) is 21.1 Å². The van der Waals surface area contributed by atoms with Gasteiger partial charge in [0, 0.05) is 23.9 Å². The van der Waals surface area contributed by atoms with Gasteiger partial charge in [-0.25, -0.2) is 0 Å². The molecule has 0 spiro atoms. The third kappa shape index (κ3) is 3.80.